The molecule has 4 heteroatoms. The quantitative estimate of drug-likeness (QED) is 0.470. The summed E-state index contributed by atoms with van der Waals surface area (Å²) in [6.45, 7) is 0. The van der Waals surface area contributed by atoms with E-state index in [1.54, 1.807) is 0 Å². The highest BCUT2D eigenvalue weighted by Gasteiger charge is 2.36. The molecule has 0 aromatic heterocycles. The van der Waals surface area contributed by atoms with Gasteiger partial charge in [0, 0.05) is 0 Å². The second-order valence-electron chi connectivity index (χ2n) is 2.37. The Morgan fingerprint density at radius 3 is 2.30 bits per heavy atom. The molecule has 0 aliphatic carbocycles. The van der Waals surface area contributed by atoms with Crippen molar-refractivity contribution in [2.24, 2.45) is 5.92 Å². The van der Waals surface area contributed by atoms with Gasteiger partial charge >= 0.3 is 0 Å². The molecule has 0 aromatic rings. The molecule has 0 spiro atoms. The summed E-state index contributed by atoms with van der Waals surface area (Å²) in [5.41, 5.74) is 0. The van der Waals surface area contributed by atoms with Gasteiger partial charge in [-0.05, 0) is 0 Å². The number of hydrogen-bond donors (Lipinski definition) is 0. The van der Waals surface area contributed by atoms with E-state index in [9.17, 15) is 12.8 Å². The van der Waals surface area contributed by atoms with E-state index >= 15 is 0 Å². The summed E-state index contributed by atoms with van der Waals surface area (Å²) >= 11 is 0. The van der Waals surface area contributed by atoms with E-state index in [1.807, 2.05) is 0 Å². The minimum atomic E-state index is -3.17. The lowest BCUT2D eigenvalue weighted by atomic mass is 10.1. The van der Waals surface area contributed by atoms with E-state index in [1.165, 1.54) is 0 Å². The topological polar surface area (TPSA) is 34.1 Å². The van der Waals surface area contributed by atoms with Crippen molar-refractivity contribution in [3.8, 4) is 12.3 Å². The number of halogens is 1. The Morgan fingerprint density at radius 2 is 2.10 bits per heavy atom. The molecule has 0 radical (unpaired) electrons. The van der Waals surface area contributed by atoms with Crippen LogP contribution in [0.2, 0.25) is 0 Å². The number of sulfone groups is 1. The van der Waals surface area contributed by atoms with Crippen molar-refractivity contribution in [1.29, 1.82) is 0 Å². The minimum absolute atomic E-state index is 0.190. The monoisotopic (exact) mass is 162 g/mol. The zero-order chi connectivity index (χ0) is 7.78. The SMILES string of the molecule is C#CC1CS(=O)(=O)CC1F. The van der Waals surface area contributed by atoms with Crippen LogP contribution in [-0.2, 0) is 9.84 Å². The molecular formula is C6H7FO2S. The van der Waals surface area contributed by atoms with E-state index in [0.29, 0.717) is 0 Å². The van der Waals surface area contributed by atoms with Crippen LogP contribution in [0.25, 0.3) is 0 Å². The number of rotatable bonds is 0. The average molecular weight is 162 g/mol. The third kappa shape index (κ3) is 1.29. The van der Waals surface area contributed by atoms with Crippen molar-refractivity contribution < 1.29 is 12.8 Å². The lowest BCUT2D eigenvalue weighted by molar-refractivity contribution is 0.327. The first kappa shape index (κ1) is 7.55. The van der Waals surface area contributed by atoms with Crippen LogP contribution in [0.5, 0.6) is 0 Å². The maximum absolute atomic E-state index is 12.6. The molecule has 0 amide bonds. The molecule has 2 atom stereocenters. The zero-order valence-corrected chi connectivity index (χ0v) is 6.07. The van der Waals surface area contributed by atoms with Crippen LogP contribution in [0, 0.1) is 18.3 Å². The van der Waals surface area contributed by atoms with Gasteiger partial charge in [0.25, 0.3) is 0 Å². The van der Waals surface area contributed by atoms with E-state index in [2.05, 4.69) is 5.92 Å². The Labute approximate surface area is 59.3 Å². The summed E-state index contributed by atoms with van der Waals surface area (Å²) in [4.78, 5) is 0. The van der Waals surface area contributed by atoms with Crippen LogP contribution in [0.3, 0.4) is 0 Å². The highest BCUT2D eigenvalue weighted by atomic mass is 32.2. The molecular weight excluding hydrogens is 155 g/mol. The van der Waals surface area contributed by atoms with Crippen molar-refractivity contribution in [3.05, 3.63) is 0 Å². The fourth-order valence-electron chi connectivity index (χ4n) is 0.957. The molecule has 1 aliphatic rings. The second kappa shape index (κ2) is 2.24. The van der Waals surface area contributed by atoms with Crippen molar-refractivity contribution in [2.75, 3.05) is 11.5 Å². The summed E-state index contributed by atoms with van der Waals surface area (Å²) < 4.78 is 33.9. The Hall–Kier alpha value is -0.560. The summed E-state index contributed by atoms with van der Waals surface area (Å²) in [5, 5.41) is 0. The molecule has 2 nitrogen and oxygen atoms in total. The van der Waals surface area contributed by atoms with Crippen molar-refractivity contribution in [2.45, 2.75) is 6.17 Å². The normalized spacial score (nSPS) is 37.2. The summed E-state index contributed by atoms with van der Waals surface area (Å²) in [7, 11) is -3.17. The van der Waals surface area contributed by atoms with Gasteiger partial charge in [0.2, 0.25) is 0 Å². The molecule has 0 bridgehead atoms. The maximum atomic E-state index is 12.6. The Morgan fingerprint density at radius 1 is 1.50 bits per heavy atom. The van der Waals surface area contributed by atoms with Gasteiger partial charge in [-0.25, -0.2) is 12.8 Å². The zero-order valence-electron chi connectivity index (χ0n) is 5.25. The van der Waals surface area contributed by atoms with Gasteiger partial charge in [-0.15, -0.1) is 6.42 Å². The predicted octanol–water partition coefficient (Wildman–Crippen LogP) is 0.00230. The Kier molecular flexibility index (Phi) is 1.69. The lowest BCUT2D eigenvalue weighted by Gasteiger charge is -1.97. The number of hydrogen-bond acceptors (Lipinski definition) is 2. The first-order valence-electron chi connectivity index (χ1n) is 2.86. The smallest absolute Gasteiger partial charge is 0.154 e. The predicted molar refractivity (Wildman–Crippen MR) is 35.9 cm³/mol. The molecule has 2 unspecified atom stereocenters. The van der Waals surface area contributed by atoms with Crippen LogP contribution >= 0.6 is 0 Å². The molecule has 56 valence electrons. The summed E-state index contributed by atoms with van der Waals surface area (Å²) in [5.74, 6) is 0.807. The van der Waals surface area contributed by atoms with E-state index in [0.717, 1.165) is 0 Å². The van der Waals surface area contributed by atoms with E-state index in [4.69, 9.17) is 6.42 Å². The highest BCUT2D eigenvalue weighted by molar-refractivity contribution is 7.91. The molecule has 0 aromatic carbocycles. The van der Waals surface area contributed by atoms with Crippen LogP contribution < -0.4 is 0 Å². The molecule has 1 rings (SSSR count). The van der Waals surface area contributed by atoms with Crippen molar-refractivity contribution in [1.82, 2.24) is 0 Å². The average Bonchev–Trinajstić information content (AvgIpc) is 2.05. The van der Waals surface area contributed by atoms with E-state index < -0.39 is 27.7 Å². The van der Waals surface area contributed by atoms with Crippen LogP contribution in [-0.4, -0.2) is 26.1 Å². The fraction of sp³-hybridized carbons (Fsp3) is 0.667. The fourth-order valence-corrected chi connectivity index (χ4v) is 2.66. The second-order valence-corrected chi connectivity index (χ2v) is 4.52. The molecule has 10 heavy (non-hydrogen) atoms. The van der Waals surface area contributed by atoms with Gasteiger partial charge < -0.3 is 0 Å². The van der Waals surface area contributed by atoms with Crippen LogP contribution in [0.4, 0.5) is 4.39 Å². The third-order valence-electron chi connectivity index (χ3n) is 1.50. The number of alkyl halides is 1. The highest BCUT2D eigenvalue weighted by Crippen LogP contribution is 2.20. The van der Waals surface area contributed by atoms with Gasteiger partial charge in [0.05, 0.1) is 17.4 Å². The maximum Gasteiger partial charge on any atom is 0.154 e. The standard InChI is InChI=1S/C6H7FO2S/c1-2-5-3-10(8,9)4-6(5)7/h1,5-6H,3-4H2. The first-order valence-corrected chi connectivity index (χ1v) is 4.68. The minimum Gasteiger partial charge on any atom is -0.245 e. The molecule has 1 fully saturated rings. The Bertz CT molecular complexity index is 262. The van der Waals surface area contributed by atoms with Gasteiger partial charge in [-0.2, -0.15) is 0 Å². The van der Waals surface area contributed by atoms with Crippen molar-refractivity contribution >= 4 is 9.84 Å². The van der Waals surface area contributed by atoms with Gasteiger partial charge in [0.15, 0.2) is 9.84 Å². The van der Waals surface area contributed by atoms with Crippen LogP contribution in [0.1, 0.15) is 0 Å². The van der Waals surface area contributed by atoms with Crippen LogP contribution in [0.15, 0.2) is 0 Å². The lowest BCUT2D eigenvalue weighted by Crippen LogP contribution is -2.09. The van der Waals surface area contributed by atoms with Gasteiger partial charge in [-0.3, -0.25) is 0 Å². The largest absolute Gasteiger partial charge is 0.245 e. The number of terminal acetylenes is 1. The molecule has 0 saturated carbocycles. The van der Waals surface area contributed by atoms with Gasteiger partial charge in [-0.1, -0.05) is 5.92 Å². The Balaban J connectivity index is 2.83. The molecule has 0 N–H and O–H groups in total. The summed E-state index contributed by atoms with van der Waals surface area (Å²) in [6.07, 6.45) is 3.54. The summed E-state index contributed by atoms with van der Waals surface area (Å²) in [6, 6.07) is 0. The molecule has 1 saturated heterocycles. The molecule has 1 heterocycles. The first-order chi connectivity index (χ1) is 4.55. The third-order valence-corrected chi connectivity index (χ3v) is 3.19. The van der Waals surface area contributed by atoms with E-state index in [-0.39, 0.29) is 5.75 Å². The van der Waals surface area contributed by atoms with Crippen molar-refractivity contribution in [3.63, 3.8) is 0 Å². The molecule has 1 aliphatic heterocycles. The van der Waals surface area contributed by atoms with Gasteiger partial charge in [0.1, 0.15) is 6.17 Å².